The number of fused-ring (bicyclic) bond motifs is 1. The molecule has 1 amide bonds. The van der Waals surface area contributed by atoms with Gasteiger partial charge in [0.2, 0.25) is 0 Å². The molecule has 0 aliphatic carbocycles. The number of benzene rings is 1. The number of aryl methyl sites for hydroxylation is 1. The first-order chi connectivity index (χ1) is 7.15. The van der Waals surface area contributed by atoms with Gasteiger partial charge in [-0.05, 0) is 43.0 Å². The van der Waals surface area contributed by atoms with Crippen LogP contribution in [-0.2, 0) is 6.54 Å². The average Bonchev–Trinajstić information content (AvgIpc) is 2.61. The fourth-order valence-electron chi connectivity index (χ4n) is 2.05. The van der Waals surface area contributed by atoms with Gasteiger partial charge in [-0.25, -0.2) is 0 Å². The van der Waals surface area contributed by atoms with E-state index < -0.39 is 0 Å². The van der Waals surface area contributed by atoms with Gasteiger partial charge in [0, 0.05) is 12.1 Å². The summed E-state index contributed by atoms with van der Waals surface area (Å²) in [7, 11) is 0. The van der Waals surface area contributed by atoms with Gasteiger partial charge in [-0.2, -0.15) is 0 Å². The van der Waals surface area contributed by atoms with Gasteiger partial charge in [0.25, 0.3) is 5.91 Å². The minimum Gasteiger partial charge on any atom is -0.348 e. The van der Waals surface area contributed by atoms with Crippen molar-refractivity contribution < 1.29 is 4.79 Å². The lowest BCUT2D eigenvalue weighted by atomic mass is 9.94. The number of hydrogen-bond donors (Lipinski definition) is 1. The quantitative estimate of drug-likeness (QED) is 0.743. The van der Waals surface area contributed by atoms with Gasteiger partial charge in [-0.15, -0.1) is 0 Å². The Kier molecular flexibility index (Phi) is 2.35. The minimum atomic E-state index is 0.0632. The second kappa shape index (κ2) is 3.54. The third-order valence-corrected chi connectivity index (χ3v) is 3.03. The molecule has 2 rings (SSSR count). The Morgan fingerprint density at radius 2 is 2.20 bits per heavy atom. The number of rotatable bonds is 1. The van der Waals surface area contributed by atoms with Crippen molar-refractivity contribution in [1.29, 1.82) is 0 Å². The summed E-state index contributed by atoms with van der Waals surface area (Å²) in [5.41, 5.74) is 5.50. The molecule has 78 valence electrons. The predicted octanol–water partition coefficient (Wildman–Crippen LogP) is 2.66. The standard InChI is InChI=1S/C13H15NO/c1-4-8(2)10-6-5-9(3)12-11(10)7-14-13(12)15/h4-6H,7H2,1-3H3,(H,14,15)/b8-4+. The third kappa shape index (κ3) is 1.46. The lowest BCUT2D eigenvalue weighted by Gasteiger charge is -2.08. The van der Waals surface area contributed by atoms with Crippen molar-refractivity contribution in [2.45, 2.75) is 27.3 Å². The fourth-order valence-corrected chi connectivity index (χ4v) is 2.05. The van der Waals surface area contributed by atoms with Gasteiger partial charge < -0.3 is 5.32 Å². The van der Waals surface area contributed by atoms with Gasteiger partial charge in [0.15, 0.2) is 0 Å². The van der Waals surface area contributed by atoms with Crippen LogP contribution in [0.4, 0.5) is 0 Å². The SMILES string of the molecule is C/C=C(\C)c1ccc(C)c2c1CNC2=O. The van der Waals surface area contributed by atoms with E-state index in [1.54, 1.807) is 0 Å². The van der Waals surface area contributed by atoms with Crippen LogP contribution in [0.15, 0.2) is 18.2 Å². The summed E-state index contributed by atoms with van der Waals surface area (Å²) in [5.74, 6) is 0.0632. The topological polar surface area (TPSA) is 29.1 Å². The number of allylic oxidation sites excluding steroid dienone is 2. The number of nitrogens with one attached hydrogen (secondary N) is 1. The highest BCUT2D eigenvalue weighted by Crippen LogP contribution is 2.28. The summed E-state index contributed by atoms with van der Waals surface area (Å²) in [6.07, 6.45) is 2.08. The van der Waals surface area contributed by atoms with E-state index in [0.29, 0.717) is 6.54 Å². The molecule has 2 heteroatoms. The Morgan fingerprint density at radius 3 is 2.87 bits per heavy atom. The van der Waals surface area contributed by atoms with Crippen molar-refractivity contribution in [1.82, 2.24) is 5.32 Å². The van der Waals surface area contributed by atoms with Crippen molar-refractivity contribution in [3.05, 3.63) is 40.5 Å². The Bertz CT molecular complexity index is 458. The molecule has 1 aliphatic rings. The van der Waals surface area contributed by atoms with E-state index in [2.05, 4.69) is 24.4 Å². The highest BCUT2D eigenvalue weighted by atomic mass is 16.1. The van der Waals surface area contributed by atoms with Crippen LogP contribution in [0.25, 0.3) is 5.57 Å². The molecular formula is C13H15NO. The summed E-state index contributed by atoms with van der Waals surface area (Å²) < 4.78 is 0. The van der Waals surface area contributed by atoms with Crippen LogP contribution in [0.5, 0.6) is 0 Å². The van der Waals surface area contributed by atoms with Crippen LogP contribution in [0.2, 0.25) is 0 Å². The van der Waals surface area contributed by atoms with Gasteiger partial charge in [-0.1, -0.05) is 18.2 Å². The van der Waals surface area contributed by atoms with Crippen molar-refractivity contribution >= 4 is 11.5 Å². The molecule has 0 radical (unpaired) electrons. The third-order valence-electron chi connectivity index (χ3n) is 3.03. The van der Waals surface area contributed by atoms with E-state index in [-0.39, 0.29) is 5.91 Å². The summed E-state index contributed by atoms with van der Waals surface area (Å²) in [6.45, 7) is 6.74. The number of amides is 1. The van der Waals surface area contributed by atoms with Crippen LogP contribution >= 0.6 is 0 Å². The highest BCUT2D eigenvalue weighted by molar-refractivity contribution is 6.01. The smallest absolute Gasteiger partial charge is 0.252 e. The molecule has 2 nitrogen and oxygen atoms in total. The Morgan fingerprint density at radius 1 is 1.47 bits per heavy atom. The largest absolute Gasteiger partial charge is 0.348 e. The summed E-state index contributed by atoms with van der Waals surface area (Å²) in [5, 5.41) is 2.88. The molecule has 1 aliphatic heterocycles. The lowest BCUT2D eigenvalue weighted by Crippen LogP contribution is -2.13. The van der Waals surface area contributed by atoms with E-state index >= 15 is 0 Å². The van der Waals surface area contributed by atoms with Crippen molar-refractivity contribution in [3.63, 3.8) is 0 Å². The molecule has 1 heterocycles. The molecule has 0 saturated carbocycles. The Labute approximate surface area is 90.0 Å². The van der Waals surface area contributed by atoms with E-state index in [1.165, 1.54) is 11.1 Å². The molecule has 0 unspecified atom stereocenters. The zero-order chi connectivity index (χ0) is 11.0. The number of hydrogen-bond acceptors (Lipinski definition) is 1. The normalized spacial score (nSPS) is 15.1. The van der Waals surface area contributed by atoms with E-state index in [4.69, 9.17) is 0 Å². The second-order valence-electron chi connectivity index (χ2n) is 3.94. The first-order valence-corrected chi connectivity index (χ1v) is 5.19. The van der Waals surface area contributed by atoms with E-state index in [0.717, 1.165) is 16.7 Å². The molecule has 0 spiro atoms. The molecule has 0 atom stereocenters. The summed E-state index contributed by atoms with van der Waals surface area (Å²) in [6, 6.07) is 4.12. The molecule has 15 heavy (non-hydrogen) atoms. The summed E-state index contributed by atoms with van der Waals surface area (Å²) >= 11 is 0. The molecule has 0 bridgehead atoms. The number of carbonyl (C=O) groups excluding carboxylic acids is 1. The maximum atomic E-state index is 11.6. The van der Waals surface area contributed by atoms with Gasteiger partial charge in [0.05, 0.1) is 0 Å². The molecule has 1 N–H and O–H groups in total. The van der Waals surface area contributed by atoms with E-state index in [1.807, 2.05) is 19.9 Å². The summed E-state index contributed by atoms with van der Waals surface area (Å²) in [4.78, 5) is 11.6. The van der Waals surface area contributed by atoms with Crippen molar-refractivity contribution in [3.8, 4) is 0 Å². The van der Waals surface area contributed by atoms with Crippen LogP contribution < -0.4 is 5.32 Å². The second-order valence-corrected chi connectivity index (χ2v) is 3.94. The van der Waals surface area contributed by atoms with Crippen molar-refractivity contribution in [2.75, 3.05) is 0 Å². The van der Waals surface area contributed by atoms with Crippen LogP contribution in [0, 0.1) is 6.92 Å². The highest BCUT2D eigenvalue weighted by Gasteiger charge is 2.23. The first kappa shape index (κ1) is 9.97. The van der Waals surface area contributed by atoms with Gasteiger partial charge >= 0.3 is 0 Å². The molecular weight excluding hydrogens is 186 g/mol. The predicted molar refractivity (Wildman–Crippen MR) is 61.7 cm³/mol. The van der Waals surface area contributed by atoms with Crippen LogP contribution in [0.1, 0.15) is 40.9 Å². The molecule has 0 saturated heterocycles. The van der Waals surface area contributed by atoms with Gasteiger partial charge in [-0.3, -0.25) is 4.79 Å². The molecule has 1 aromatic rings. The lowest BCUT2D eigenvalue weighted by molar-refractivity contribution is 0.0965. The fraction of sp³-hybridized carbons (Fsp3) is 0.308. The van der Waals surface area contributed by atoms with E-state index in [9.17, 15) is 4.79 Å². The maximum absolute atomic E-state index is 11.6. The van der Waals surface area contributed by atoms with Crippen molar-refractivity contribution in [2.24, 2.45) is 0 Å². The van der Waals surface area contributed by atoms with Crippen LogP contribution in [-0.4, -0.2) is 5.91 Å². The minimum absolute atomic E-state index is 0.0632. The van der Waals surface area contributed by atoms with Crippen LogP contribution in [0.3, 0.4) is 0 Å². The maximum Gasteiger partial charge on any atom is 0.252 e. The Hall–Kier alpha value is -1.57. The average molecular weight is 201 g/mol. The molecule has 1 aromatic carbocycles. The zero-order valence-corrected chi connectivity index (χ0v) is 9.35. The first-order valence-electron chi connectivity index (χ1n) is 5.19. The Balaban J connectivity index is 2.67. The van der Waals surface area contributed by atoms with Gasteiger partial charge in [0.1, 0.15) is 0 Å². The number of carbonyl (C=O) groups is 1. The zero-order valence-electron chi connectivity index (χ0n) is 9.35. The molecule has 0 fully saturated rings. The monoisotopic (exact) mass is 201 g/mol. The molecule has 0 aromatic heterocycles.